The van der Waals surface area contributed by atoms with Crippen molar-refractivity contribution in [3.8, 4) is 0 Å². The monoisotopic (exact) mass is 234 g/mol. The van der Waals surface area contributed by atoms with Crippen LogP contribution in [-0.4, -0.2) is 19.5 Å². The predicted octanol–water partition coefficient (Wildman–Crippen LogP) is 2.49. The van der Waals surface area contributed by atoms with Crippen LogP contribution < -0.4 is 10.6 Å². The van der Waals surface area contributed by atoms with Crippen LogP contribution in [0.2, 0.25) is 0 Å². The molecule has 3 nitrogen and oxygen atoms in total. The van der Waals surface area contributed by atoms with Gasteiger partial charge >= 0.3 is 0 Å². The van der Waals surface area contributed by atoms with Crippen LogP contribution in [0.1, 0.15) is 24.5 Å². The molecule has 0 aliphatic carbocycles. The van der Waals surface area contributed by atoms with Crippen LogP contribution in [0.3, 0.4) is 0 Å². The Bertz CT molecular complexity index is 388. The van der Waals surface area contributed by atoms with Gasteiger partial charge in [0.2, 0.25) is 5.91 Å². The lowest BCUT2D eigenvalue weighted by Gasteiger charge is -2.16. The van der Waals surface area contributed by atoms with Gasteiger partial charge in [0.15, 0.2) is 0 Å². The third-order valence-corrected chi connectivity index (χ3v) is 2.97. The summed E-state index contributed by atoms with van der Waals surface area (Å²) < 4.78 is 0. The van der Waals surface area contributed by atoms with Gasteiger partial charge in [-0.2, -0.15) is 0 Å². The number of rotatable bonds is 5. The summed E-state index contributed by atoms with van der Waals surface area (Å²) in [5.74, 6) is 0.121. The quantitative estimate of drug-likeness (QED) is 0.822. The third-order valence-electron chi connectivity index (χ3n) is 2.97. The maximum Gasteiger partial charge on any atom is 0.228 e. The highest BCUT2D eigenvalue weighted by atomic mass is 16.1. The van der Waals surface area contributed by atoms with Gasteiger partial charge in [0.25, 0.3) is 0 Å². The van der Waals surface area contributed by atoms with Crippen molar-refractivity contribution >= 4 is 11.6 Å². The number of carbonyl (C=O) groups is 1. The highest BCUT2D eigenvalue weighted by Crippen LogP contribution is 2.17. The van der Waals surface area contributed by atoms with E-state index in [4.69, 9.17) is 0 Å². The minimum atomic E-state index is 0.0277. The zero-order valence-electron chi connectivity index (χ0n) is 11.1. The fourth-order valence-corrected chi connectivity index (χ4v) is 1.77. The molecule has 0 saturated heterocycles. The van der Waals surface area contributed by atoms with E-state index in [0.29, 0.717) is 6.54 Å². The second-order valence-electron chi connectivity index (χ2n) is 4.47. The topological polar surface area (TPSA) is 41.1 Å². The molecule has 0 aromatic heterocycles. The maximum atomic E-state index is 12.0. The van der Waals surface area contributed by atoms with Gasteiger partial charge < -0.3 is 10.6 Å². The van der Waals surface area contributed by atoms with E-state index in [1.807, 2.05) is 40.0 Å². The van der Waals surface area contributed by atoms with E-state index < -0.39 is 0 Å². The van der Waals surface area contributed by atoms with Gasteiger partial charge in [-0.25, -0.2) is 0 Å². The summed E-state index contributed by atoms with van der Waals surface area (Å²) in [6.07, 6.45) is 0.845. The number of nitrogens with one attached hydrogen (secondary N) is 2. The minimum absolute atomic E-state index is 0.0277. The van der Waals surface area contributed by atoms with Crippen molar-refractivity contribution in [2.75, 3.05) is 18.9 Å². The molecular weight excluding hydrogens is 212 g/mol. The van der Waals surface area contributed by atoms with E-state index in [1.54, 1.807) is 0 Å². The van der Waals surface area contributed by atoms with Crippen LogP contribution in [0.25, 0.3) is 0 Å². The van der Waals surface area contributed by atoms with Crippen LogP contribution >= 0.6 is 0 Å². The van der Waals surface area contributed by atoms with E-state index in [9.17, 15) is 4.79 Å². The average Bonchev–Trinajstić information content (AvgIpc) is 2.30. The summed E-state index contributed by atoms with van der Waals surface area (Å²) in [5.41, 5.74) is 3.18. The molecule has 0 fully saturated rings. The lowest BCUT2D eigenvalue weighted by atomic mass is 10.0. The molecule has 94 valence electrons. The molecule has 1 aromatic rings. The lowest BCUT2D eigenvalue weighted by molar-refractivity contribution is -0.119. The van der Waals surface area contributed by atoms with Crippen molar-refractivity contribution < 1.29 is 4.79 Å². The molecule has 0 radical (unpaired) electrons. The molecule has 2 N–H and O–H groups in total. The van der Waals surface area contributed by atoms with Gasteiger partial charge in [-0.1, -0.05) is 19.1 Å². The van der Waals surface area contributed by atoms with Crippen LogP contribution in [-0.2, 0) is 4.79 Å². The Balaban J connectivity index is 2.76. The molecule has 1 atom stereocenters. The molecule has 0 aliphatic heterocycles. The number of hydrogen-bond donors (Lipinski definition) is 2. The van der Waals surface area contributed by atoms with E-state index in [2.05, 4.69) is 16.7 Å². The molecular formula is C14H22N2O. The average molecular weight is 234 g/mol. The third kappa shape index (κ3) is 3.86. The number of benzene rings is 1. The predicted molar refractivity (Wildman–Crippen MR) is 72.3 cm³/mol. The second-order valence-corrected chi connectivity index (χ2v) is 4.47. The first-order valence-electron chi connectivity index (χ1n) is 6.11. The number of aryl methyl sites for hydroxylation is 2. The Morgan fingerprint density at radius 1 is 1.35 bits per heavy atom. The largest absolute Gasteiger partial charge is 0.326 e. The Morgan fingerprint density at radius 2 is 2.06 bits per heavy atom. The first kappa shape index (κ1) is 13.7. The highest BCUT2D eigenvalue weighted by molar-refractivity contribution is 5.93. The molecule has 0 aliphatic rings. The molecule has 0 bridgehead atoms. The fraction of sp³-hybridized carbons (Fsp3) is 0.500. The van der Waals surface area contributed by atoms with Gasteiger partial charge in [-0.05, 0) is 44.5 Å². The van der Waals surface area contributed by atoms with Gasteiger partial charge in [-0.3, -0.25) is 4.79 Å². The van der Waals surface area contributed by atoms with Crippen molar-refractivity contribution in [2.45, 2.75) is 27.2 Å². The molecule has 1 unspecified atom stereocenters. The lowest BCUT2D eigenvalue weighted by Crippen LogP contribution is -2.30. The second kappa shape index (κ2) is 6.40. The van der Waals surface area contributed by atoms with Gasteiger partial charge in [0, 0.05) is 12.2 Å². The summed E-state index contributed by atoms with van der Waals surface area (Å²) in [5, 5.41) is 6.06. The first-order valence-corrected chi connectivity index (χ1v) is 6.11. The van der Waals surface area contributed by atoms with Gasteiger partial charge in [0.1, 0.15) is 0 Å². The highest BCUT2D eigenvalue weighted by Gasteiger charge is 2.16. The zero-order valence-corrected chi connectivity index (χ0v) is 11.1. The van der Waals surface area contributed by atoms with E-state index >= 15 is 0 Å². The molecule has 1 rings (SSSR count). The zero-order chi connectivity index (χ0) is 12.8. The molecule has 0 spiro atoms. The maximum absolute atomic E-state index is 12.0. The van der Waals surface area contributed by atoms with Crippen molar-refractivity contribution in [1.82, 2.24) is 5.32 Å². The van der Waals surface area contributed by atoms with Crippen LogP contribution in [0.4, 0.5) is 5.69 Å². The number of carbonyl (C=O) groups excluding carboxylic acids is 1. The summed E-state index contributed by atoms with van der Waals surface area (Å²) in [4.78, 5) is 12.0. The Hall–Kier alpha value is -1.35. The molecule has 3 heteroatoms. The number of amides is 1. The SMILES string of the molecule is CCC(CNC)C(=O)Nc1cc(C)ccc1C. The van der Waals surface area contributed by atoms with Crippen LogP contribution in [0, 0.1) is 19.8 Å². The normalized spacial score (nSPS) is 12.2. The van der Waals surface area contributed by atoms with Crippen LogP contribution in [0.15, 0.2) is 18.2 Å². The van der Waals surface area contributed by atoms with Gasteiger partial charge in [0.05, 0.1) is 5.92 Å². The Morgan fingerprint density at radius 3 is 2.65 bits per heavy atom. The fourth-order valence-electron chi connectivity index (χ4n) is 1.77. The standard InChI is InChI=1S/C14H22N2O/c1-5-12(9-15-4)14(17)16-13-8-10(2)6-7-11(13)3/h6-8,12,15H,5,9H2,1-4H3,(H,16,17). The molecule has 1 amide bonds. The van der Waals surface area contributed by atoms with Crippen molar-refractivity contribution in [3.05, 3.63) is 29.3 Å². The van der Waals surface area contributed by atoms with Gasteiger partial charge in [-0.15, -0.1) is 0 Å². The molecule has 0 saturated carbocycles. The molecule has 1 aromatic carbocycles. The summed E-state index contributed by atoms with van der Waals surface area (Å²) >= 11 is 0. The van der Waals surface area contributed by atoms with Crippen molar-refractivity contribution in [3.63, 3.8) is 0 Å². The summed E-state index contributed by atoms with van der Waals surface area (Å²) in [7, 11) is 1.87. The number of hydrogen-bond acceptors (Lipinski definition) is 2. The van der Waals surface area contributed by atoms with Crippen LogP contribution in [0.5, 0.6) is 0 Å². The summed E-state index contributed by atoms with van der Waals surface area (Å²) in [6.45, 7) is 6.78. The Kier molecular flexibility index (Phi) is 5.16. The molecule has 0 heterocycles. The summed E-state index contributed by atoms with van der Waals surface area (Å²) in [6, 6.07) is 6.10. The van der Waals surface area contributed by atoms with Crippen molar-refractivity contribution in [2.24, 2.45) is 5.92 Å². The smallest absolute Gasteiger partial charge is 0.228 e. The molecule has 17 heavy (non-hydrogen) atoms. The van der Waals surface area contributed by atoms with E-state index in [1.165, 1.54) is 0 Å². The number of anilines is 1. The van der Waals surface area contributed by atoms with E-state index in [0.717, 1.165) is 23.2 Å². The Labute approximate surface area is 104 Å². The first-order chi connectivity index (χ1) is 8.08. The van der Waals surface area contributed by atoms with E-state index in [-0.39, 0.29) is 11.8 Å². The van der Waals surface area contributed by atoms with Crippen molar-refractivity contribution in [1.29, 1.82) is 0 Å². The minimum Gasteiger partial charge on any atom is -0.326 e.